The van der Waals surface area contributed by atoms with Crippen LogP contribution in [0.15, 0.2) is 94.9 Å². The number of para-hydroxylation sites is 1. The number of rotatable bonds is 6. The molecule has 3 aromatic carbocycles. The van der Waals surface area contributed by atoms with Gasteiger partial charge in [0.15, 0.2) is 0 Å². The molecule has 0 spiro atoms. The van der Waals surface area contributed by atoms with Gasteiger partial charge in [0.05, 0.1) is 16.0 Å². The standard InChI is InChI=1S/C26H23N3O6S2/c30-26(31)21-12-10-19(11-13-21)22-7-1-2-8-23(22)36(32,33)28-15-17-29(18-16-28)37(34,35)24-9-3-5-20-6-4-14-27-25(20)24/h1-14H,15-18H2,(H,30,31). The largest absolute Gasteiger partial charge is 0.478 e. The maximum absolute atomic E-state index is 13.6. The number of hydrogen-bond acceptors (Lipinski definition) is 6. The summed E-state index contributed by atoms with van der Waals surface area (Å²) in [5.41, 5.74) is 1.48. The van der Waals surface area contributed by atoms with Gasteiger partial charge in [0.1, 0.15) is 4.90 Å². The van der Waals surface area contributed by atoms with Crippen LogP contribution in [-0.4, -0.2) is 67.7 Å². The molecule has 0 saturated carbocycles. The van der Waals surface area contributed by atoms with E-state index in [9.17, 15) is 21.6 Å². The van der Waals surface area contributed by atoms with Gasteiger partial charge in [0.2, 0.25) is 20.0 Å². The second kappa shape index (κ2) is 9.67. The molecular weight excluding hydrogens is 514 g/mol. The van der Waals surface area contributed by atoms with Crippen molar-refractivity contribution in [3.05, 3.63) is 90.6 Å². The summed E-state index contributed by atoms with van der Waals surface area (Å²) >= 11 is 0. The third-order valence-electron chi connectivity index (χ3n) is 6.36. The van der Waals surface area contributed by atoms with E-state index in [-0.39, 0.29) is 41.5 Å². The highest BCUT2D eigenvalue weighted by Crippen LogP contribution is 2.31. The highest BCUT2D eigenvalue weighted by molar-refractivity contribution is 7.89. The van der Waals surface area contributed by atoms with E-state index in [1.807, 2.05) is 0 Å². The predicted octanol–water partition coefficient (Wildman–Crippen LogP) is 3.30. The highest BCUT2D eigenvalue weighted by Gasteiger charge is 2.35. The van der Waals surface area contributed by atoms with Crippen molar-refractivity contribution in [2.75, 3.05) is 26.2 Å². The molecule has 0 radical (unpaired) electrons. The molecule has 4 aromatic rings. The van der Waals surface area contributed by atoms with Crippen LogP contribution in [0.4, 0.5) is 0 Å². The number of carboxylic acid groups (broad SMARTS) is 1. The molecule has 37 heavy (non-hydrogen) atoms. The Kier molecular flexibility index (Phi) is 6.54. The van der Waals surface area contributed by atoms with E-state index in [1.54, 1.807) is 60.8 Å². The molecular formula is C26H23N3O6S2. The first-order valence-corrected chi connectivity index (χ1v) is 14.3. The monoisotopic (exact) mass is 537 g/mol. The lowest BCUT2D eigenvalue weighted by molar-refractivity contribution is 0.0697. The summed E-state index contributed by atoms with van der Waals surface area (Å²) in [6.45, 7) is -0.0153. The molecule has 190 valence electrons. The Morgan fingerprint density at radius 1 is 0.703 bits per heavy atom. The molecule has 1 aromatic heterocycles. The zero-order chi connectivity index (χ0) is 26.2. The molecule has 0 amide bonds. The van der Waals surface area contributed by atoms with Gasteiger partial charge in [-0.3, -0.25) is 4.98 Å². The van der Waals surface area contributed by atoms with Gasteiger partial charge in [-0.1, -0.05) is 48.5 Å². The fraction of sp³-hybridized carbons (Fsp3) is 0.154. The van der Waals surface area contributed by atoms with E-state index >= 15 is 0 Å². The predicted molar refractivity (Wildman–Crippen MR) is 138 cm³/mol. The second-order valence-electron chi connectivity index (χ2n) is 8.52. The van der Waals surface area contributed by atoms with Gasteiger partial charge in [-0.05, 0) is 35.9 Å². The van der Waals surface area contributed by atoms with Crippen LogP contribution in [0.1, 0.15) is 10.4 Å². The number of hydrogen-bond donors (Lipinski definition) is 1. The zero-order valence-electron chi connectivity index (χ0n) is 19.6. The molecule has 0 unspecified atom stereocenters. The van der Waals surface area contributed by atoms with Crippen LogP contribution in [0.3, 0.4) is 0 Å². The number of carbonyl (C=O) groups is 1. The van der Waals surface area contributed by atoms with E-state index in [2.05, 4.69) is 4.98 Å². The van der Waals surface area contributed by atoms with Crippen molar-refractivity contribution in [1.29, 1.82) is 0 Å². The van der Waals surface area contributed by atoms with Crippen LogP contribution in [0.25, 0.3) is 22.0 Å². The van der Waals surface area contributed by atoms with Crippen molar-refractivity contribution < 1.29 is 26.7 Å². The number of pyridine rings is 1. The summed E-state index contributed by atoms with van der Waals surface area (Å²) in [4.78, 5) is 15.6. The number of nitrogens with zero attached hydrogens (tertiary/aromatic N) is 3. The van der Waals surface area contributed by atoms with Crippen molar-refractivity contribution in [2.45, 2.75) is 9.79 Å². The van der Waals surface area contributed by atoms with Crippen LogP contribution >= 0.6 is 0 Å². The maximum Gasteiger partial charge on any atom is 0.335 e. The third kappa shape index (κ3) is 4.62. The fourth-order valence-corrected chi connectivity index (χ4v) is 7.66. The molecule has 2 heterocycles. The highest BCUT2D eigenvalue weighted by atomic mass is 32.2. The lowest BCUT2D eigenvalue weighted by Crippen LogP contribution is -2.50. The van der Waals surface area contributed by atoms with Crippen molar-refractivity contribution in [3.63, 3.8) is 0 Å². The average Bonchev–Trinajstić information content (AvgIpc) is 2.93. The fourth-order valence-electron chi connectivity index (χ4n) is 4.44. The lowest BCUT2D eigenvalue weighted by atomic mass is 10.0. The maximum atomic E-state index is 13.6. The first kappa shape index (κ1) is 25.0. The van der Waals surface area contributed by atoms with Crippen molar-refractivity contribution in [3.8, 4) is 11.1 Å². The number of aromatic carboxylic acids is 1. The van der Waals surface area contributed by atoms with E-state index < -0.39 is 26.0 Å². The number of carboxylic acids is 1. The molecule has 1 aliphatic heterocycles. The third-order valence-corrected chi connectivity index (χ3v) is 10.2. The molecule has 5 rings (SSSR count). The van der Waals surface area contributed by atoms with E-state index in [0.717, 1.165) is 0 Å². The lowest BCUT2D eigenvalue weighted by Gasteiger charge is -2.33. The minimum absolute atomic E-state index is 0.000258. The molecule has 0 atom stereocenters. The average molecular weight is 538 g/mol. The van der Waals surface area contributed by atoms with Gasteiger partial charge in [-0.25, -0.2) is 21.6 Å². The van der Waals surface area contributed by atoms with Crippen LogP contribution < -0.4 is 0 Å². The first-order valence-electron chi connectivity index (χ1n) is 11.5. The quantitative estimate of drug-likeness (QED) is 0.400. The van der Waals surface area contributed by atoms with E-state index in [4.69, 9.17) is 5.11 Å². The Morgan fingerprint density at radius 3 is 1.92 bits per heavy atom. The van der Waals surface area contributed by atoms with E-state index in [1.165, 1.54) is 32.9 Å². The second-order valence-corrected chi connectivity index (χ2v) is 12.3. The van der Waals surface area contributed by atoms with Gasteiger partial charge in [0, 0.05) is 43.3 Å². The van der Waals surface area contributed by atoms with Gasteiger partial charge >= 0.3 is 5.97 Å². The van der Waals surface area contributed by atoms with Crippen molar-refractivity contribution in [2.24, 2.45) is 0 Å². The Hall–Kier alpha value is -3.64. The van der Waals surface area contributed by atoms with E-state index in [0.29, 0.717) is 22.0 Å². The minimum atomic E-state index is -3.95. The van der Waals surface area contributed by atoms with Crippen LogP contribution in [0.5, 0.6) is 0 Å². The summed E-state index contributed by atoms with van der Waals surface area (Å²) in [5, 5.41) is 9.86. The van der Waals surface area contributed by atoms with Gasteiger partial charge in [0.25, 0.3) is 0 Å². The summed E-state index contributed by atoms with van der Waals surface area (Å²) in [5.74, 6) is -1.07. The zero-order valence-corrected chi connectivity index (χ0v) is 21.2. The summed E-state index contributed by atoms with van der Waals surface area (Å²) in [7, 11) is -7.84. The molecule has 0 bridgehead atoms. The summed E-state index contributed by atoms with van der Waals surface area (Å²) in [6.07, 6.45) is 1.54. The molecule has 1 saturated heterocycles. The van der Waals surface area contributed by atoms with Crippen molar-refractivity contribution >= 4 is 36.9 Å². The number of aromatic nitrogens is 1. The number of fused-ring (bicyclic) bond motifs is 1. The van der Waals surface area contributed by atoms with Crippen LogP contribution in [0.2, 0.25) is 0 Å². The topological polar surface area (TPSA) is 125 Å². The number of piperazine rings is 1. The number of benzene rings is 3. The van der Waals surface area contributed by atoms with Gasteiger partial charge in [-0.15, -0.1) is 0 Å². The Morgan fingerprint density at radius 2 is 1.27 bits per heavy atom. The summed E-state index contributed by atoms with van der Waals surface area (Å²) in [6, 6.07) is 21.0. The SMILES string of the molecule is O=C(O)c1ccc(-c2ccccc2S(=O)(=O)N2CCN(S(=O)(=O)c3cccc4cccnc34)CC2)cc1. The van der Waals surface area contributed by atoms with Gasteiger partial charge < -0.3 is 5.11 Å². The Labute approximate surface area is 214 Å². The van der Waals surface area contributed by atoms with Crippen LogP contribution in [-0.2, 0) is 20.0 Å². The Balaban J connectivity index is 1.40. The van der Waals surface area contributed by atoms with Crippen LogP contribution in [0, 0.1) is 0 Å². The molecule has 11 heteroatoms. The number of sulfonamides is 2. The van der Waals surface area contributed by atoms with Crippen molar-refractivity contribution in [1.82, 2.24) is 13.6 Å². The smallest absolute Gasteiger partial charge is 0.335 e. The molecule has 1 N–H and O–H groups in total. The first-order chi connectivity index (χ1) is 17.7. The molecule has 1 fully saturated rings. The normalized spacial score (nSPS) is 15.6. The molecule has 1 aliphatic rings. The molecule has 9 nitrogen and oxygen atoms in total. The Bertz CT molecular complexity index is 1690. The molecule has 0 aliphatic carbocycles. The summed E-state index contributed by atoms with van der Waals surface area (Å²) < 4.78 is 56.6. The van der Waals surface area contributed by atoms with Gasteiger partial charge in [-0.2, -0.15) is 8.61 Å². The minimum Gasteiger partial charge on any atom is -0.478 e.